The Balaban J connectivity index is 1.85. The van der Waals surface area contributed by atoms with Crippen molar-refractivity contribution >= 4 is 5.91 Å². The minimum atomic E-state index is -0.439. The molecule has 1 heterocycles. The topological polar surface area (TPSA) is 75.3 Å². The summed E-state index contributed by atoms with van der Waals surface area (Å²) in [7, 11) is 1.60. The molecule has 0 fully saturated rings. The molecule has 1 aromatic heterocycles. The zero-order chi connectivity index (χ0) is 19.9. The van der Waals surface area contributed by atoms with Crippen molar-refractivity contribution in [3.63, 3.8) is 0 Å². The Kier molecular flexibility index (Phi) is 6.22. The quantitative estimate of drug-likeness (QED) is 0.684. The van der Waals surface area contributed by atoms with Crippen LogP contribution < -0.4 is 10.3 Å². The number of rotatable bonds is 7. The average molecular weight is 377 g/mol. The molecule has 0 aliphatic heterocycles. The van der Waals surface area contributed by atoms with Crippen LogP contribution in [-0.2, 0) is 6.54 Å². The lowest BCUT2D eigenvalue weighted by Crippen LogP contribution is -2.35. The van der Waals surface area contributed by atoms with E-state index in [1.807, 2.05) is 61.5 Å². The zero-order valence-electron chi connectivity index (χ0n) is 16.0. The Morgan fingerprint density at radius 2 is 1.93 bits per heavy atom. The Bertz CT molecular complexity index is 999. The lowest BCUT2D eigenvalue weighted by atomic mass is 10.1. The molecule has 0 bridgehead atoms. The van der Waals surface area contributed by atoms with Crippen LogP contribution in [0.25, 0.3) is 11.4 Å². The molecule has 2 aromatic carbocycles. The lowest BCUT2D eigenvalue weighted by Gasteiger charge is -2.22. The Hall–Kier alpha value is -3.41. The van der Waals surface area contributed by atoms with Gasteiger partial charge in [-0.15, -0.1) is 0 Å². The van der Waals surface area contributed by atoms with E-state index in [4.69, 9.17) is 4.74 Å². The molecule has 3 aromatic rings. The van der Waals surface area contributed by atoms with Crippen LogP contribution in [0.2, 0.25) is 0 Å². The summed E-state index contributed by atoms with van der Waals surface area (Å²) in [5, 5.41) is 0. The first kappa shape index (κ1) is 19.4. The minimum Gasteiger partial charge on any atom is -0.497 e. The number of H-pyrrole nitrogens is 1. The molecule has 1 N–H and O–H groups in total. The van der Waals surface area contributed by atoms with Crippen LogP contribution in [0.5, 0.6) is 5.75 Å². The highest BCUT2D eigenvalue weighted by Crippen LogP contribution is 2.16. The van der Waals surface area contributed by atoms with Crippen molar-refractivity contribution in [1.82, 2.24) is 14.9 Å². The third-order valence-corrected chi connectivity index (χ3v) is 4.37. The first-order valence-electron chi connectivity index (χ1n) is 9.19. The molecule has 6 heteroatoms. The molecule has 0 unspecified atom stereocenters. The molecule has 0 atom stereocenters. The van der Waals surface area contributed by atoms with Gasteiger partial charge in [-0.3, -0.25) is 9.59 Å². The molecular formula is C22H23N3O3. The molecule has 1 amide bonds. The maximum Gasteiger partial charge on any atom is 0.264 e. The number of aromatic amines is 1. The van der Waals surface area contributed by atoms with Gasteiger partial charge in [0.15, 0.2) is 0 Å². The minimum absolute atomic E-state index is 0.0380. The summed E-state index contributed by atoms with van der Waals surface area (Å²) in [6.07, 6.45) is 2.14. The predicted octanol–water partition coefficient (Wildman–Crippen LogP) is 3.50. The van der Waals surface area contributed by atoms with Gasteiger partial charge >= 0.3 is 0 Å². The molecule has 0 aliphatic carbocycles. The number of carbonyl (C=O) groups is 1. The predicted molar refractivity (Wildman–Crippen MR) is 108 cm³/mol. The summed E-state index contributed by atoms with van der Waals surface area (Å²) in [5.74, 6) is 0.836. The van der Waals surface area contributed by atoms with Gasteiger partial charge in [0.05, 0.1) is 7.11 Å². The lowest BCUT2D eigenvalue weighted by molar-refractivity contribution is 0.0741. The first-order chi connectivity index (χ1) is 13.6. The van der Waals surface area contributed by atoms with Gasteiger partial charge in [0.2, 0.25) is 0 Å². The second-order valence-corrected chi connectivity index (χ2v) is 6.42. The molecular weight excluding hydrogens is 354 g/mol. The smallest absolute Gasteiger partial charge is 0.264 e. The highest BCUT2D eigenvalue weighted by molar-refractivity contribution is 5.93. The molecule has 6 nitrogen and oxygen atoms in total. The van der Waals surface area contributed by atoms with Crippen molar-refractivity contribution < 1.29 is 9.53 Å². The molecule has 0 saturated heterocycles. The number of carbonyl (C=O) groups excluding carboxylic acids is 1. The van der Waals surface area contributed by atoms with Crippen LogP contribution >= 0.6 is 0 Å². The molecule has 3 rings (SSSR count). The molecule has 144 valence electrons. The maximum atomic E-state index is 13.0. The normalized spacial score (nSPS) is 10.5. The van der Waals surface area contributed by atoms with E-state index in [1.54, 1.807) is 12.0 Å². The van der Waals surface area contributed by atoms with Gasteiger partial charge in [-0.1, -0.05) is 49.4 Å². The number of hydrogen-bond donors (Lipinski definition) is 1. The summed E-state index contributed by atoms with van der Waals surface area (Å²) in [6.45, 7) is 2.92. The second-order valence-electron chi connectivity index (χ2n) is 6.42. The second kappa shape index (κ2) is 8.99. The molecule has 0 spiro atoms. The number of nitrogens with zero attached hydrogens (tertiary/aromatic N) is 2. The number of benzene rings is 2. The third kappa shape index (κ3) is 4.46. The van der Waals surface area contributed by atoms with Crippen LogP contribution in [0.4, 0.5) is 0 Å². The van der Waals surface area contributed by atoms with Crippen molar-refractivity contribution in [1.29, 1.82) is 0 Å². The van der Waals surface area contributed by atoms with Crippen molar-refractivity contribution in [2.45, 2.75) is 19.9 Å². The van der Waals surface area contributed by atoms with Gasteiger partial charge in [0, 0.05) is 24.8 Å². The molecule has 28 heavy (non-hydrogen) atoms. The van der Waals surface area contributed by atoms with Crippen LogP contribution in [0.3, 0.4) is 0 Å². The van der Waals surface area contributed by atoms with E-state index in [9.17, 15) is 9.59 Å². The Labute approximate surface area is 163 Å². The van der Waals surface area contributed by atoms with Crippen molar-refractivity contribution in [2.24, 2.45) is 0 Å². The fourth-order valence-corrected chi connectivity index (χ4v) is 2.97. The van der Waals surface area contributed by atoms with Crippen molar-refractivity contribution in [3.8, 4) is 17.1 Å². The number of methoxy groups -OCH3 is 1. The van der Waals surface area contributed by atoms with Gasteiger partial charge in [-0.05, 0) is 24.1 Å². The number of aromatic nitrogens is 2. The van der Waals surface area contributed by atoms with E-state index in [0.29, 0.717) is 18.9 Å². The number of hydrogen-bond acceptors (Lipinski definition) is 4. The van der Waals surface area contributed by atoms with Crippen LogP contribution in [0.1, 0.15) is 29.3 Å². The fourth-order valence-electron chi connectivity index (χ4n) is 2.97. The first-order valence-corrected chi connectivity index (χ1v) is 9.19. The van der Waals surface area contributed by atoms with Gasteiger partial charge in [-0.25, -0.2) is 4.98 Å². The number of amides is 1. The Morgan fingerprint density at radius 3 is 2.61 bits per heavy atom. The third-order valence-electron chi connectivity index (χ3n) is 4.37. The van der Waals surface area contributed by atoms with E-state index in [0.717, 1.165) is 23.3 Å². The molecule has 0 radical (unpaired) electrons. The van der Waals surface area contributed by atoms with E-state index in [1.165, 1.54) is 6.20 Å². The number of nitrogens with one attached hydrogen (secondary N) is 1. The highest BCUT2D eigenvalue weighted by atomic mass is 16.5. The summed E-state index contributed by atoms with van der Waals surface area (Å²) in [5.41, 5.74) is 1.33. The van der Waals surface area contributed by atoms with Gasteiger partial charge in [0.25, 0.3) is 11.5 Å². The van der Waals surface area contributed by atoms with Gasteiger partial charge in [0.1, 0.15) is 17.1 Å². The summed E-state index contributed by atoms with van der Waals surface area (Å²) < 4.78 is 5.25. The molecule has 0 saturated carbocycles. The van der Waals surface area contributed by atoms with Gasteiger partial charge < -0.3 is 14.6 Å². The van der Waals surface area contributed by atoms with Crippen LogP contribution in [0, 0.1) is 0 Å². The summed E-state index contributed by atoms with van der Waals surface area (Å²) in [6, 6.07) is 16.9. The van der Waals surface area contributed by atoms with Crippen LogP contribution in [-0.4, -0.2) is 34.4 Å². The standard InChI is InChI=1S/C22H23N3O3/c1-3-12-25(15-16-8-7-11-18(13-16)28-2)22(27)19-14-23-20(24-21(19)26)17-9-5-4-6-10-17/h4-11,13-14H,3,12,15H2,1-2H3,(H,23,24,26). The summed E-state index contributed by atoms with van der Waals surface area (Å²) in [4.78, 5) is 34.2. The number of ether oxygens (including phenoxy) is 1. The zero-order valence-corrected chi connectivity index (χ0v) is 16.0. The largest absolute Gasteiger partial charge is 0.497 e. The Morgan fingerprint density at radius 1 is 1.14 bits per heavy atom. The van der Waals surface area contributed by atoms with Crippen molar-refractivity contribution in [3.05, 3.63) is 82.3 Å². The monoisotopic (exact) mass is 377 g/mol. The fraction of sp³-hybridized carbons (Fsp3) is 0.227. The highest BCUT2D eigenvalue weighted by Gasteiger charge is 2.20. The van der Waals surface area contributed by atoms with Crippen LogP contribution in [0.15, 0.2) is 65.6 Å². The maximum absolute atomic E-state index is 13.0. The van der Waals surface area contributed by atoms with E-state index in [-0.39, 0.29) is 11.5 Å². The van der Waals surface area contributed by atoms with Crippen molar-refractivity contribution in [2.75, 3.05) is 13.7 Å². The van der Waals surface area contributed by atoms with E-state index >= 15 is 0 Å². The molecule has 0 aliphatic rings. The SMILES string of the molecule is CCCN(Cc1cccc(OC)c1)C(=O)c1cnc(-c2ccccc2)[nH]c1=O. The summed E-state index contributed by atoms with van der Waals surface area (Å²) >= 11 is 0. The van der Waals surface area contributed by atoms with E-state index in [2.05, 4.69) is 9.97 Å². The average Bonchev–Trinajstić information content (AvgIpc) is 2.73. The van der Waals surface area contributed by atoms with Gasteiger partial charge in [-0.2, -0.15) is 0 Å². The van der Waals surface area contributed by atoms with E-state index < -0.39 is 5.56 Å².